The third-order valence-corrected chi connectivity index (χ3v) is 3.08. The molecule has 3 N–H and O–H groups in total. The normalized spacial score (nSPS) is 14.2. The third kappa shape index (κ3) is 4.20. The number of aliphatic hydroxyl groups excluding tert-OH is 1. The summed E-state index contributed by atoms with van der Waals surface area (Å²) < 4.78 is 0. The maximum Gasteiger partial charge on any atom is 0.315 e. The first-order chi connectivity index (χ1) is 7.63. The number of nitrogens with one attached hydrogen (secondary N) is 2. The zero-order chi connectivity index (χ0) is 12.0. The van der Waals surface area contributed by atoms with E-state index < -0.39 is 6.10 Å². The van der Waals surface area contributed by atoms with Crippen molar-refractivity contribution in [1.82, 2.24) is 10.6 Å². The Labute approximate surface area is 99.7 Å². The number of carbonyl (C=O) groups is 1. The highest BCUT2D eigenvalue weighted by atomic mass is 32.1. The van der Waals surface area contributed by atoms with Gasteiger partial charge in [-0.15, -0.1) is 0 Å². The van der Waals surface area contributed by atoms with Crippen molar-refractivity contribution in [3.8, 4) is 0 Å². The van der Waals surface area contributed by atoms with Crippen molar-refractivity contribution in [2.45, 2.75) is 32.4 Å². The first kappa shape index (κ1) is 13.0. The molecule has 0 aliphatic carbocycles. The van der Waals surface area contributed by atoms with E-state index in [4.69, 9.17) is 0 Å². The highest BCUT2D eigenvalue weighted by molar-refractivity contribution is 7.07. The van der Waals surface area contributed by atoms with Gasteiger partial charge in [-0.1, -0.05) is 6.92 Å². The maximum atomic E-state index is 11.4. The SMILES string of the molecule is CCC(C)NC(=O)NCC(O)c1ccsc1. The summed E-state index contributed by atoms with van der Waals surface area (Å²) in [6, 6.07) is 1.77. The highest BCUT2D eigenvalue weighted by Gasteiger charge is 2.10. The van der Waals surface area contributed by atoms with E-state index in [1.165, 1.54) is 11.3 Å². The molecule has 0 bridgehead atoms. The van der Waals surface area contributed by atoms with Crippen molar-refractivity contribution >= 4 is 17.4 Å². The molecular formula is C11H18N2O2S. The van der Waals surface area contributed by atoms with Crippen LogP contribution in [-0.4, -0.2) is 23.7 Å². The first-order valence-electron chi connectivity index (χ1n) is 5.38. The van der Waals surface area contributed by atoms with Gasteiger partial charge in [0.1, 0.15) is 0 Å². The highest BCUT2D eigenvalue weighted by Crippen LogP contribution is 2.14. The lowest BCUT2D eigenvalue weighted by Crippen LogP contribution is -2.41. The lowest BCUT2D eigenvalue weighted by molar-refractivity contribution is 0.173. The Bertz CT molecular complexity index is 314. The maximum absolute atomic E-state index is 11.4. The minimum atomic E-state index is -0.631. The van der Waals surface area contributed by atoms with Gasteiger partial charge in [0.25, 0.3) is 0 Å². The Morgan fingerprint density at radius 3 is 2.94 bits per heavy atom. The molecule has 1 heterocycles. The van der Waals surface area contributed by atoms with Crippen LogP contribution in [-0.2, 0) is 0 Å². The van der Waals surface area contributed by atoms with Crippen LogP contribution in [0.1, 0.15) is 31.9 Å². The zero-order valence-corrected chi connectivity index (χ0v) is 10.4. The molecule has 90 valence electrons. The smallest absolute Gasteiger partial charge is 0.315 e. The summed E-state index contributed by atoms with van der Waals surface area (Å²) in [6.07, 6.45) is 0.259. The van der Waals surface area contributed by atoms with Crippen LogP contribution < -0.4 is 10.6 Å². The molecule has 4 nitrogen and oxygen atoms in total. The number of carbonyl (C=O) groups excluding carboxylic acids is 1. The second-order valence-electron chi connectivity index (χ2n) is 3.74. The predicted octanol–water partition coefficient (Wildman–Crippen LogP) is 1.88. The van der Waals surface area contributed by atoms with Gasteiger partial charge in [0.15, 0.2) is 0 Å². The summed E-state index contributed by atoms with van der Waals surface area (Å²) >= 11 is 1.53. The molecule has 0 aromatic carbocycles. The van der Waals surface area contributed by atoms with Crippen LogP contribution in [0.3, 0.4) is 0 Å². The summed E-state index contributed by atoms with van der Waals surface area (Å²) in [4.78, 5) is 11.4. The lowest BCUT2D eigenvalue weighted by atomic mass is 10.2. The minimum absolute atomic E-state index is 0.151. The van der Waals surface area contributed by atoms with Crippen molar-refractivity contribution in [2.24, 2.45) is 0 Å². The number of amides is 2. The average molecular weight is 242 g/mol. The Hall–Kier alpha value is -1.07. The average Bonchev–Trinajstić information content (AvgIpc) is 2.79. The number of rotatable bonds is 5. The topological polar surface area (TPSA) is 61.4 Å². The second kappa shape index (κ2) is 6.50. The number of urea groups is 1. The molecule has 2 amide bonds. The van der Waals surface area contributed by atoms with Crippen LogP contribution in [0.15, 0.2) is 16.8 Å². The number of hydrogen-bond donors (Lipinski definition) is 3. The van der Waals surface area contributed by atoms with Crippen molar-refractivity contribution in [1.29, 1.82) is 0 Å². The van der Waals surface area contributed by atoms with E-state index >= 15 is 0 Å². The third-order valence-electron chi connectivity index (χ3n) is 2.37. The van der Waals surface area contributed by atoms with E-state index in [2.05, 4.69) is 10.6 Å². The fourth-order valence-electron chi connectivity index (χ4n) is 1.15. The van der Waals surface area contributed by atoms with Crippen LogP contribution >= 0.6 is 11.3 Å². The summed E-state index contributed by atoms with van der Waals surface area (Å²) in [5, 5.41) is 18.9. The predicted molar refractivity (Wildman–Crippen MR) is 65.6 cm³/mol. The van der Waals surface area contributed by atoms with Gasteiger partial charge in [-0.25, -0.2) is 4.79 Å². The quantitative estimate of drug-likeness (QED) is 0.738. The van der Waals surface area contributed by atoms with Crippen LogP contribution in [0.25, 0.3) is 0 Å². The van der Waals surface area contributed by atoms with Gasteiger partial charge in [-0.05, 0) is 35.7 Å². The van der Waals surface area contributed by atoms with Gasteiger partial charge >= 0.3 is 6.03 Å². The van der Waals surface area contributed by atoms with Crippen molar-refractivity contribution < 1.29 is 9.90 Å². The van der Waals surface area contributed by atoms with Crippen molar-refractivity contribution in [3.63, 3.8) is 0 Å². The summed E-state index contributed by atoms with van der Waals surface area (Å²) in [5.74, 6) is 0. The van der Waals surface area contributed by atoms with Crippen LogP contribution in [0.4, 0.5) is 4.79 Å². The molecule has 0 radical (unpaired) electrons. The van der Waals surface area contributed by atoms with Crippen molar-refractivity contribution in [2.75, 3.05) is 6.54 Å². The van der Waals surface area contributed by atoms with Crippen molar-refractivity contribution in [3.05, 3.63) is 22.4 Å². The number of hydrogen-bond acceptors (Lipinski definition) is 3. The molecule has 5 heteroatoms. The van der Waals surface area contributed by atoms with E-state index in [0.29, 0.717) is 0 Å². The molecule has 1 aromatic heterocycles. The summed E-state index contributed by atoms with van der Waals surface area (Å²) in [5.41, 5.74) is 0.842. The Kier molecular flexibility index (Phi) is 5.28. The van der Waals surface area contributed by atoms with Gasteiger partial charge in [0, 0.05) is 12.6 Å². The Balaban J connectivity index is 2.26. The van der Waals surface area contributed by atoms with Crippen LogP contribution in [0.2, 0.25) is 0 Å². The molecule has 0 aliphatic heterocycles. The van der Waals surface area contributed by atoms with Crippen LogP contribution in [0.5, 0.6) is 0 Å². The molecule has 0 aliphatic rings. The molecule has 0 saturated carbocycles. The molecule has 2 atom stereocenters. The molecule has 0 saturated heterocycles. The molecule has 0 spiro atoms. The number of thiophene rings is 1. The molecule has 1 aromatic rings. The summed E-state index contributed by atoms with van der Waals surface area (Å²) in [7, 11) is 0. The van der Waals surface area contributed by atoms with Gasteiger partial charge < -0.3 is 15.7 Å². The lowest BCUT2D eigenvalue weighted by Gasteiger charge is -2.14. The van der Waals surface area contributed by atoms with Gasteiger partial charge in [0.05, 0.1) is 6.10 Å². The van der Waals surface area contributed by atoms with Crippen LogP contribution in [0, 0.1) is 0 Å². The first-order valence-corrected chi connectivity index (χ1v) is 6.32. The monoisotopic (exact) mass is 242 g/mol. The molecular weight excluding hydrogens is 224 g/mol. The summed E-state index contributed by atoms with van der Waals surface area (Å²) in [6.45, 7) is 4.18. The van der Waals surface area contributed by atoms with E-state index in [0.717, 1.165) is 12.0 Å². The van der Waals surface area contributed by atoms with E-state index in [9.17, 15) is 9.90 Å². The van der Waals surface area contributed by atoms with E-state index in [1.807, 2.05) is 30.7 Å². The van der Waals surface area contributed by atoms with Gasteiger partial charge in [-0.3, -0.25) is 0 Å². The molecule has 1 rings (SSSR count). The van der Waals surface area contributed by atoms with E-state index in [-0.39, 0.29) is 18.6 Å². The zero-order valence-electron chi connectivity index (χ0n) is 9.56. The molecule has 2 unspecified atom stereocenters. The molecule has 0 fully saturated rings. The Morgan fingerprint density at radius 2 is 2.38 bits per heavy atom. The Morgan fingerprint density at radius 1 is 1.62 bits per heavy atom. The fourth-order valence-corrected chi connectivity index (χ4v) is 1.86. The minimum Gasteiger partial charge on any atom is -0.387 e. The fraction of sp³-hybridized carbons (Fsp3) is 0.545. The van der Waals surface area contributed by atoms with Gasteiger partial charge in [-0.2, -0.15) is 11.3 Å². The molecule has 16 heavy (non-hydrogen) atoms. The largest absolute Gasteiger partial charge is 0.387 e. The van der Waals surface area contributed by atoms with E-state index in [1.54, 1.807) is 0 Å². The second-order valence-corrected chi connectivity index (χ2v) is 4.52. The number of aliphatic hydroxyl groups is 1. The standard InChI is InChI=1S/C11H18N2O2S/c1-3-8(2)13-11(15)12-6-10(14)9-4-5-16-7-9/h4-5,7-8,10,14H,3,6H2,1-2H3,(H2,12,13,15). The van der Waals surface area contributed by atoms with Gasteiger partial charge in [0.2, 0.25) is 0 Å².